The number of rotatable bonds is 6. The molecule has 0 spiro atoms. The number of nitrogens with zero attached hydrogens (tertiary/aromatic N) is 5. The molecule has 1 N–H and O–H groups in total. The number of hydrogen-bond donors (Lipinski definition) is 1. The fourth-order valence-electron chi connectivity index (χ4n) is 1.69. The van der Waals surface area contributed by atoms with Crippen molar-refractivity contribution in [3.05, 3.63) is 30.8 Å². The molecule has 0 bridgehead atoms. The minimum Gasteiger partial charge on any atom is -0.461 e. The molecule has 1 amide bonds. The maximum atomic E-state index is 11.6. The lowest BCUT2D eigenvalue weighted by Gasteiger charge is -2.03. The Balaban J connectivity index is 1.42. The number of carbonyl (C=O) groups is 1. The predicted molar refractivity (Wildman–Crippen MR) is 70.7 cm³/mol. The van der Waals surface area contributed by atoms with Crippen LogP contribution in [0.1, 0.15) is 6.42 Å². The summed E-state index contributed by atoms with van der Waals surface area (Å²) < 4.78 is 16.7. The average molecular weight is 304 g/mol. The minimum absolute atomic E-state index is 0.0596. The molecular formula is C12H12N6O4. The Hall–Kier alpha value is -3.17. The Morgan fingerprint density at radius 1 is 1.41 bits per heavy atom. The van der Waals surface area contributed by atoms with Crippen molar-refractivity contribution in [1.29, 1.82) is 0 Å². The number of furan rings is 1. The predicted octanol–water partition coefficient (Wildman–Crippen LogP) is 1.10. The van der Waals surface area contributed by atoms with E-state index < -0.39 is 6.09 Å². The van der Waals surface area contributed by atoms with Gasteiger partial charge in [-0.25, -0.2) is 9.48 Å². The summed E-state index contributed by atoms with van der Waals surface area (Å²) in [5.74, 6) is 0.944. The summed E-state index contributed by atoms with van der Waals surface area (Å²) in [7, 11) is 0. The maximum absolute atomic E-state index is 11.6. The van der Waals surface area contributed by atoms with Gasteiger partial charge < -0.3 is 19.0 Å². The third-order valence-electron chi connectivity index (χ3n) is 2.67. The fourth-order valence-corrected chi connectivity index (χ4v) is 1.69. The van der Waals surface area contributed by atoms with Gasteiger partial charge in [-0.15, -0.1) is 5.10 Å². The fraction of sp³-hybridized carbons (Fsp3) is 0.250. The first-order valence-corrected chi connectivity index (χ1v) is 6.48. The highest BCUT2D eigenvalue weighted by molar-refractivity contribution is 5.70. The third-order valence-corrected chi connectivity index (χ3v) is 2.67. The second kappa shape index (κ2) is 6.52. The van der Waals surface area contributed by atoms with Gasteiger partial charge in [0.05, 0.1) is 12.3 Å². The average Bonchev–Trinajstić information content (AvgIpc) is 3.24. The smallest absolute Gasteiger partial charge is 0.414 e. The van der Waals surface area contributed by atoms with Gasteiger partial charge in [0, 0.05) is 13.1 Å². The van der Waals surface area contributed by atoms with Gasteiger partial charge in [-0.2, -0.15) is 0 Å². The Labute approximate surface area is 124 Å². The SMILES string of the molecule is O=C(NCCCn1cnnn1)Oc1cc(-c2ccco2)on1. The number of aromatic nitrogens is 5. The first-order valence-electron chi connectivity index (χ1n) is 6.48. The van der Waals surface area contributed by atoms with E-state index in [1.807, 2.05) is 0 Å². The second-order valence-electron chi connectivity index (χ2n) is 4.25. The molecule has 0 radical (unpaired) electrons. The molecule has 0 aliphatic rings. The first-order chi connectivity index (χ1) is 10.8. The molecule has 22 heavy (non-hydrogen) atoms. The zero-order valence-electron chi connectivity index (χ0n) is 11.4. The van der Waals surface area contributed by atoms with Crippen molar-refractivity contribution in [3.8, 4) is 17.4 Å². The lowest BCUT2D eigenvalue weighted by Crippen LogP contribution is -2.28. The number of tetrazole rings is 1. The van der Waals surface area contributed by atoms with Gasteiger partial charge in [-0.05, 0) is 34.1 Å². The number of nitrogens with one attached hydrogen (secondary N) is 1. The zero-order valence-corrected chi connectivity index (χ0v) is 11.4. The molecule has 0 atom stereocenters. The van der Waals surface area contributed by atoms with E-state index in [1.165, 1.54) is 18.7 Å². The van der Waals surface area contributed by atoms with E-state index in [9.17, 15) is 4.79 Å². The highest BCUT2D eigenvalue weighted by atomic mass is 16.6. The van der Waals surface area contributed by atoms with Crippen LogP contribution in [0, 0.1) is 0 Å². The molecule has 0 saturated heterocycles. The van der Waals surface area contributed by atoms with Gasteiger partial charge in [0.25, 0.3) is 5.88 Å². The van der Waals surface area contributed by atoms with Crippen molar-refractivity contribution in [1.82, 2.24) is 30.7 Å². The molecule has 114 valence electrons. The van der Waals surface area contributed by atoms with Gasteiger partial charge >= 0.3 is 6.09 Å². The van der Waals surface area contributed by atoms with Gasteiger partial charge in [0.1, 0.15) is 6.33 Å². The lowest BCUT2D eigenvalue weighted by molar-refractivity contribution is 0.195. The van der Waals surface area contributed by atoms with Crippen LogP contribution in [0.15, 0.2) is 39.7 Å². The van der Waals surface area contributed by atoms with E-state index in [4.69, 9.17) is 13.7 Å². The first kappa shape index (κ1) is 13.8. The molecule has 3 rings (SSSR count). The highest BCUT2D eigenvalue weighted by Crippen LogP contribution is 2.23. The summed E-state index contributed by atoms with van der Waals surface area (Å²) in [6, 6.07) is 4.90. The number of ether oxygens (including phenoxy) is 1. The van der Waals surface area contributed by atoms with Gasteiger partial charge in [0.15, 0.2) is 5.76 Å². The van der Waals surface area contributed by atoms with Crippen molar-refractivity contribution in [2.75, 3.05) is 6.54 Å². The molecule has 0 aliphatic carbocycles. The topological polar surface area (TPSA) is 121 Å². The largest absolute Gasteiger partial charge is 0.461 e. The number of aryl methyl sites for hydroxylation is 1. The van der Waals surface area contributed by atoms with Crippen LogP contribution in [-0.4, -0.2) is 38.0 Å². The molecule has 3 aromatic rings. The molecule has 0 saturated carbocycles. The van der Waals surface area contributed by atoms with Gasteiger partial charge in [0.2, 0.25) is 5.76 Å². The summed E-state index contributed by atoms with van der Waals surface area (Å²) in [6.45, 7) is 1.02. The molecule has 0 aromatic carbocycles. The molecule has 0 unspecified atom stereocenters. The van der Waals surface area contributed by atoms with Gasteiger partial charge in [-0.3, -0.25) is 0 Å². The molecular weight excluding hydrogens is 292 g/mol. The van der Waals surface area contributed by atoms with E-state index in [0.29, 0.717) is 31.0 Å². The Morgan fingerprint density at radius 2 is 2.36 bits per heavy atom. The van der Waals surface area contributed by atoms with Crippen LogP contribution in [0.25, 0.3) is 11.5 Å². The molecule has 3 aromatic heterocycles. The van der Waals surface area contributed by atoms with Crippen LogP contribution in [0.3, 0.4) is 0 Å². The molecule has 0 fully saturated rings. The van der Waals surface area contributed by atoms with Crippen molar-refractivity contribution in [3.63, 3.8) is 0 Å². The summed E-state index contributed by atoms with van der Waals surface area (Å²) >= 11 is 0. The molecule has 0 aliphatic heterocycles. The van der Waals surface area contributed by atoms with E-state index in [1.54, 1.807) is 16.8 Å². The van der Waals surface area contributed by atoms with E-state index in [2.05, 4.69) is 26.0 Å². The minimum atomic E-state index is -0.615. The Kier molecular flexibility index (Phi) is 4.09. The number of carbonyl (C=O) groups excluding carboxylic acids is 1. The summed E-state index contributed by atoms with van der Waals surface area (Å²) in [5, 5.41) is 16.9. The maximum Gasteiger partial charge on any atom is 0.414 e. The van der Waals surface area contributed by atoms with Crippen molar-refractivity contribution >= 4 is 6.09 Å². The zero-order chi connectivity index (χ0) is 15.2. The van der Waals surface area contributed by atoms with E-state index in [-0.39, 0.29) is 5.88 Å². The highest BCUT2D eigenvalue weighted by Gasteiger charge is 2.12. The van der Waals surface area contributed by atoms with Gasteiger partial charge in [-0.1, -0.05) is 0 Å². The lowest BCUT2D eigenvalue weighted by atomic mass is 10.3. The van der Waals surface area contributed by atoms with Crippen molar-refractivity contribution in [2.24, 2.45) is 0 Å². The summed E-state index contributed by atoms with van der Waals surface area (Å²) in [5.41, 5.74) is 0. The number of amides is 1. The van der Waals surface area contributed by atoms with Crippen LogP contribution in [-0.2, 0) is 6.54 Å². The molecule has 10 heteroatoms. The van der Waals surface area contributed by atoms with Crippen LogP contribution in [0.5, 0.6) is 5.88 Å². The Morgan fingerprint density at radius 3 is 3.14 bits per heavy atom. The second-order valence-corrected chi connectivity index (χ2v) is 4.25. The third kappa shape index (κ3) is 3.48. The van der Waals surface area contributed by atoms with E-state index >= 15 is 0 Å². The van der Waals surface area contributed by atoms with Crippen molar-refractivity contribution in [2.45, 2.75) is 13.0 Å². The molecule has 10 nitrogen and oxygen atoms in total. The Bertz CT molecular complexity index is 706. The van der Waals surface area contributed by atoms with Crippen molar-refractivity contribution < 1.29 is 18.5 Å². The van der Waals surface area contributed by atoms with Crippen LogP contribution >= 0.6 is 0 Å². The quantitative estimate of drug-likeness (QED) is 0.672. The number of hydrogen-bond acceptors (Lipinski definition) is 8. The van der Waals surface area contributed by atoms with E-state index in [0.717, 1.165) is 0 Å². The summed E-state index contributed by atoms with van der Waals surface area (Å²) in [6.07, 6.45) is 3.06. The molecule has 3 heterocycles. The standard InChI is InChI=1S/C12H12N6O4/c19-12(13-4-2-5-18-8-14-16-17-18)21-11-7-10(22-15-11)9-3-1-6-20-9/h1,3,6-8H,2,4-5H2,(H,13,19). The normalized spacial score (nSPS) is 10.5. The monoisotopic (exact) mass is 304 g/mol. The van der Waals surface area contributed by atoms with Crippen LogP contribution in [0.2, 0.25) is 0 Å². The van der Waals surface area contributed by atoms with Crippen LogP contribution in [0.4, 0.5) is 4.79 Å². The summed E-state index contributed by atoms with van der Waals surface area (Å²) in [4.78, 5) is 11.6. The van der Waals surface area contributed by atoms with Crippen LogP contribution < -0.4 is 10.1 Å².